The van der Waals surface area contributed by atoms with Crippen LogP contribution in [-0.4, -0.2) is 43.7 Å². The van der Waals surface area contributed by atoms with Gasteiger partial charge in [-0.15, -0.1) is 21.5 Å². The highest BCUT2D eigenvalue weighted by atomic mass is 32.2. The van der Waals surface area contributed by atoms with Crippen molar-refractivity contribution in [2.45, 2.75) is 31.0 Å². The molecule has 0 radical (unpaired) electrons. The van der Waals surface area contributed by atoms with E-state index in [0.717, 1.165) is 48.1 Å². The number of amides is 1. The molecule has 0 atom stereocenters. The summed E-state index contributed by atoms with van der Waals surface area (Å²) in [4.78, 5) is 14.1. The van der Waals surface area contributed by atoms with Crippen LogP contribution in [0.4, 0.5) is 0 Å². The van der Waals surface area contributed by atoms with Gasteiger partial charge in [0.2, 0.25) is 0 Å². The Morgan fingerprint density at radius 3 is 2.53 bits per heavy atom. The Hall–Kier alpha value is -3.23. The van der Waals surface area contributed by atoms with Gasteiger partial charge < -0.3 is 4.57 Å². The van der Waals surface area contributed by atoms with E-state index in [1.807, 2.05) is 36.4 Å². The van der Waals surface area contributed by atoms with Crippen LogP contribution in [0.15, 0.2) is 88.4 Å². The van der Waals surface area contributed by atoms with Gasteiger partial charge in [0, 0.05) is 24.3 Å². The molecule has 2 aromatic carbocycles. The van der Waals surface area contributed by atoms with Crippen molar-refractivity contribution >= 4 is 34.7 Å². The highest BCUT2D eigenvalue weighted by Gasteiger charge is 2.23. The molecule has 3 heterocycles. The molecule has 5 rings (SSSR count). The maximum atomic E-state index is 12.9. The van der Waals surface area contributed by atoms with Crippen molar-refractivity contribution in [1.82, 2.24) is 19.8 Å². The Morgan fingerprint density at radius 2 is 1.76 bits per heavy atom. The summed E-state index contributed by atoms with van der Waals surface area (Å²) in [7, 11) is 0. The second kappa shape index (κ2) is 10.8. The predicted molar refractivity (Wildman–Crippen MR) is 137 cm³/mol. The molecule has 0 bridgehead atoms. The van der Waals surface area contributed by atoms with Gasteiger partial charge in [-0.1, -0.05) is 78.5 Å². The smallest absolute Gasteiger partial charge is 0.253 e. The second-order valence-electron chi connectivity index (χ2n) is 8.01. The van der Waals surface area contributed by atoms with Gasteiger partial charge in [0.15, 0.2) is 5.16 Å². The number of carbonyl (C=O) groups is 1. The van der Waals surface area contributed by atoms with E-state index in [4.69, 9.17) is 0 Å². The van der Waals surface area contributed by atoms with Crippen molar-refractivity contribution < 1.29 is 4.79 Å². The normalized spacial score (nSPS) is 13.3. The molecule has 8 heteroatoms. The van der Waals surface area contributed by atoms with Gasteiger partial charge in [-0.3, -0.25) is 4.79 Å². The molecule has 0 saturated carbocycles. The molecule has 4 aromatic rings. The Kier molecular flexibility index (Phi) is 7.16. The number of thioether (sulfide) groups is 1. The van der Waals surface area contributed by atoms with Gasteiger partial charge in [-0.2, -0.15) is 5.10 Å². The molecule has 1 aliphatic heterocycles. The fourth-order valence-electron chi connectivity index (χ4n) is 3.91. The molecular formula is C26H25N5OS2. The highest BCUT2D eigenvalue weighted by Crippen LogP contribution is 2.23. The minimum absolute atomic E-state index is 0.00616. The van der Waals surface area contributed by atoms with Crippen LogP contribution in [0.3, 0.4) is 0 Å². The maximum absolute atomic E-state index is 12.9. The minimum Gasteiger partial charge on any atom is -0.305 e. The van der Waals surface area contributed by atoms with Crippen LogP contribution in [-0.2, 0) is 24.2 Å². The number of thiophene rings is 1. The van der Waals surface area contributed by atoms with Gasteiger partial charge in [0.05, 0.1) is 18.0 Å². The summed E-state index contributed by atoms with van der Waals surface area (Å²) in [6.45, 7) is 1.39. The lowest BCUT2D eigenvalue weighted by atomic mass is 10.1. The van der Waals surface area contributed by atoms with Crippen molar-refractivity contribution in [2.24, 2.45) is 5.10 Å². The third-order valence-corrected chi connectivity index (χ3v) is 7.52. The van der Waals surface area contributed by atoms with Gasteiger partial charge in [0.25, 0.3) is 5.91 Å². The zero-order valence-electron chi connectivity index (χ0n) is 18.7. The highest BCUT2D eigenvalue weighted by molar-refractivity contribution is 7.99. The van der Waals surface area contributed by atoms with Crippen molar-refractivity contribution in [3.8, 4) is 0 Å². The molecule has 172 valence electrons. The number of aryl methyl sites for hydroxylation is 1. The monoisotopic (exact) mass is 487 g/mol. The molecular weight excluding hydrogens is 462 g/mol. The molecule has 0 unspecified atom stereocenters. The molecule has 0 saturated heterocycles. The van der Waals surface area contributed by atoms with Crippen molar-refractivity contribution in [3.05, 3.63) is 100 Å². The summed E-state index contributed by atoms with van der Waals surface area (Å²) in [5.41, 5.74) is 3.30. The molecule has 0 aliphatic carbocycles. The van der Waals surface area contributed by atoms with Crippen LogP contribution in [0.5, 0.6) is 0 Å². The third kappa shape index (κ3) is 5.46. The lowest BCUT2D eigenvalue weighted by Crippen LogP contribution is -2.25. The lowest BCUT2D eigenvalue weighted by molar-refractivity contribution is -0.127. The molecule has 0 spiro atoms. The van der Waals surface area contributed by atoms with Crippen LogP contribution in [0.1, 0.15) is 28.2 Å². The van der Waals surface area contributed by atoms with Crippen LogP contribution >= 0.6 is 23.1 Å². The number of benzene rings is 2. The Morgan fingerprint density at radius 1 is 0.971 bits per heavy atom. The van der Waals surface area contributed by atoms with Crippen molar-refractivity contribution in [1.29, 1.82) is 0 Å². The summed E-state index contributed by atoms with van der Waals surface area (Å²) in [6, 6.07) is 24.6. The molecule has 0 N–H and O–H groups in total. The Balaban J connectivity index is 1.27. The summed E-state index contributed by atoms with van der Waals surface area (Å²) >= 11 is 3.16. The first-order valence-corrected chi connectivity index (χ1v) is 13.2. The molecule has 0 fully saturated rings. The lowest BCUT2D eigenvalue weighted by Gasteiger charge is -2.12. The summed E-state index contributed by atoms with van der Waals surface area (Å²) < 4.78 is 2.16. The van der Waals surface area contributed by atoms with E-state index in [0.29, 0.717) is 6.54 Å². The van der Waals surface area contributed by atoms with E-state index in [1.54, 1.807) is 16.3 Å². The number of carbonyl (C=O) groups excluding carboxylic acids is 1. The molecule has 1 amide bonds. The molecule has 2 aromatic heterocycles. The average molecular weight is 488 g/mol. The maximum Gasteiger partial charge on any atom is 0.253 e. The largest absolute Gasteiger partial charge is 0.305 e. The van der Waals surface area contributed by atoms with Crippen LogP contribution < -0.4 is 0 Å². The van der Waals surface area contributed by atoms with Gasteiger partial charge in [0.1, 0.15) is 5.82 Å². The molecule has 34 heavy (non-hydrogen) atoms. The number of nitrogens with zero attached hydrogens (tertiary/aromatic N) is 5. The minimum atomic E-state index is -0.00616. The van der Waals surface area contributed by atoms with E-state index in [-0.39, 0.29) is 11.7 Å². The van der Waals surface area contributed by atoms with E-state index >= 15 is 0 Å². The second-order valence-corrected chi connectivity index (χ2v) is 9.99. The van der Waals surface area contributed by atoms with Gasteiger partial charge >= 0.3 is 0 Å². The first-order valence-electron chi connectivity index (χ1n) is 11.3. The predicted octanol–water partition coefficient (Wildman–Crippen LogP) is 4.90. The summed E-state index contributed by atoms with van der Waals surface area (Å²) in [5, 5.41) is 17.9. The first kappa shape index (κ1) is 22.6. The van der Waals surface area contributed by atoms with Gasteiger partial charge in [-0.05, 0) is 29.0 Å². The molecule has 1 aliphatic rings. The fraction of sp³-hybridized carbons (Fsp3) is 0.231. The zero-order valence-corrected chi connectivity index (χ0v) is 20.3. The fourth-order valence-corrected chi connectivity index (χ4v) is 5.46. The summed E-state index contributed by atoms with van der Waals surface area (Å²) in [5.74, 6) is 1.21. The number of aromatic nitrogens is 3. The average Bonchev–Trinajstić information content (AvgIpc) is 3.65. The Bertz CT molecular complexity index is 1250. The number of hydrogen-bond acceptors (Lipinski definition) is 6. The topological polar surface area (TPSA) is 63.4 Å². The number of hydrazone groups is 1. The van der Waals surface area contributed by atoms with Crippen LogP contribution in [0.25, 0.3) is 0 Å². The third-order valence-electron chi connectivity index (χ3n) is 5.69. The van der Waals surface area contributed by atoms with Crippen molar-refractivity contribution in [2.75, 3.05) is 12.3 Å². The van der Waals surface area contributed by atoms with E-state index in [9.17, 15) is 4.79 Å². The standard InChI is InChI=1S/C26H25N5OS2/c32-25(31-16-14-23(29-31)21-10-5-2-6-11-21)19-34-26-28-27-24(18-22-12-7-17-33-22)30(26)15-13-20-8-3-1-4-9-20/h1-12,17H,13-16,18-19H2. The molecule has 6 nitrogen and oxygen atoms in total. The van der Waals surface area contributed by atoms with Gasteiger partial charge in [-0.25, -0.2) is 5.01 Å². The Labute approximate surface area is 207 Å². The first-order chi connectivity index (χ1) is 16.8. The number of rotatable bonds is 9. The summed E-state index contributed by atoms with van der Waals surface area (Å²) in [6.07, 6.45) is 2.40. The quantitative estimate of drug-likeness (QED) is 0.315. The van der Waals surface area contributed by atoms with Crippen LogP contribution in [0.2, 0.25) is 0 Å². The van der Waals surface area contributed by atoms with E-state index < -0.39 is 0 Å². The zero-order chi connectivity index (χ0) is 23.2. The van der Waals surface area contributed by atoms with Crippen molar-refractivity contribution in [3.63, 3.8) is 0 Å². The SMILES string of the molecule is O=C(CSc1nnc(Cc2cccs2)n1CCc1ccccc1)N1CCC(c2ccccc2)=N1. The van der Waals surface area contributed by atoms with E-state index in [2.05, 4.69) is 61.6 Å². The van der Waals surface area contributed by atoms with E-state index in [1.165, 1.54) is 22.2 Å². The number of hydrogen-bond donors (Lipinski definition) is 0. The van der Waals surface area contributed by atoms with Crippen LogP contribution in [0, 0.1) is 0 Å².